The monoisotopic (exact) mass is 253 g/mol. The van der Waals surface area contributed by atoms with Crippen LogP contribution < -0.4 is 5.32 Å². The van der Waals surface area contributed by atoms with Gasteiger partial charge in [-0.15, -0.1) is 0 Å². The Morgan fingerprint density at radius 3 is 2.06 bits per heavy atom. The van der Waals surface area contributed by atoms with Gasteiger partial charge in [0.25, 0.3) is 0 Å². The summed E-state index contributed by atoms with van der Waals surface area (Å²) >= 11 is 0. The summed E-state index contributed by atoms with van der Waals surface area (Å²) in [5.74, 6) is 2.72. The highest BCUT2D eigenvalue weighted by Crippen LogP contribution is 2.39. The van der Waals surface area contributed by atoms with Gasteiger partial charge in [0.1, 0.15) is 0 Å². The second-order valence-corrected chi connectivity index (χ2v) is 6.66. The van der Waals surface area contributed by atoms with E-state index in [1.807, 2.05) is 0 Å². The van der Waals surface area contributed by atoms with Gasteiger partial charge in [-0.05, 0) is 49.9 Å². The van der Waals surface area contributed by atoms with Crippen molar-refractivity contribution in [2.75, 3.05) is 19.8 Å². The Morgan fingerprint density at radius 2 is 1.61 bits per heavy atom. The lowest BCUT2D eigenvalue weighted by Crippen LogP contribution is -2.48. The summed E-state index contributed by atoms with van der Waals surface area (Å²) in [5.41, 5.74) is 0. The number of rotatable bonds is 9. The second-order valence-electron chi connectivity index (χ2n) is 6.66. The van der Waals surface area contributed by atoms with Crippen LogP contribution in [0.3, 0.4) is 0 Å². The van der Waals surface area contributed by atoms with Crippen molar-refractivity contribution in [2.45, 2.75) is 64.8 Å². The fraction of sp³-hybridized carbons (Fsp3) is 1.00. The Kier molecular flexibility index (Phi) is 5.97. The lowest BCUT2D eigenvalue weighted by molar-refractivity contribution is 0.0937. The van der Waals surface area contributed by atoms with Crippen LogP contribution in [-0.4, -0.2) is 25.8 Å². The Morgan fingerprint density at radius 1 is 1.00 bits per heavy atom. The summed E-state index contributed by atoms with van der Waals surface area (Å²) in [6.07, 6.45) is 9.95. The first kappa shape index (κ1) is 14.3. The predicted octanol–water partition coefficient (Wildman–Crippen LogP) is 3.61. The highest BCUT2D eigenvalue weighted by molar-refractivity contribution is 4.91. The second kappa shape index (κ2) is 7.49. The maximum atomic E-state index is 5.70. The third kappa shape index (κ3) is 4.24. The van der Waals surface area contributed by atoms with Crippen LogP contribution in [0.5, 0.6) is 0 Å². The van der Waals surface area contributed by atoms with Gasteiger partial charge in [-0.25, -0.2) is 0 Å². The first-order valence-electron chi connectivity index (χ1n) is 8.08. The molecule has 2 aliphatic rings. The van der Waals surface area contributed by atoms with Crippen molar-refractivity contribution in [2.24, 2.45) is 17.8 Å². The van der Waals surface area contributed by atoms with Gasteiger partial charge in [0.2, 0.25) is 0 Å². The van der Waals surface area contributed by atoms with Gasteiger partial charge in [-0.2, -0.15) is 0 Å². The molecule has 0 spiro atoms. The highest BCUT2D eigenvalue weighted by Gasteiger charge is 2.35. The van der Waals surface area contributed by atoms with Crippen LogP contribution in [0.1, 0.15) is 58.8 Å². The van der Waals surface area contributed by atoms with Gasteiger partial charge in [-0.1, -0.05) is 26.7 Å². The summed E-state index contributed by atoms with van der Waals surface area (Å²) in [6, 6.07) is 0.807. The number of hydrogen-bond acceptors (Lipinski definition) is 2. The van der Waals surface area contributed by atoms with Crippen molar-refractivity contribution >= 4 is 0 Å². The van der Waals surface area contributed by atoms with Crippen LogP contribution in [0.15, 0.2) is 0 Å². The van der Waals surface area contributed by atoms with Crippen molar-refractivity contribution in [1.82, 2.24) is 5.32 Å². The molecule has 0 heterocycles. The summed E-state index contributed by atoms with van der Waals surface area (Å²) in [6.45, 7) is 7.38. The van der Waals surface area contributed by atoms with E-state index in [1.165, 1.54) is 44.9 Å². The molecule has 1 N–H and O–H groups in total. The van der Waals surface area contributed by atoms with E-state index < -0.39 is 0 Å². The smallest absolute Gasteiger partial charge is 0.0591 e. The average molecular weight is 253 g/mol. The van der Waals surface area contributed by atoms with E-state index in [2.05, 4.69) is 19.2 Å². The molecule has 106 valence electrons. The molecule has 2 saturated carbocycles. The lowest BCUT2D eigenvalue weighted by Gasteiger charge is -2.43. The maximum absolute atomic E-state index is 5.70. The molecule has 0 atom stereocenters. The molecule has 2 fully saturated rings. The SMILES string of the molecule is CC(C)CCOCCNC(C1CCC1)C1CCC1. The molecule has 2 aliphatic carbocycles. The first-order chi connectivity index (χ1) is 8.77. The molecule has 0 aromatic carbocycles. The molecular weight excluding hydrogens is 222 g/mol. The quantitative estimate of drug-likeness (QED) is 0.634. The summed E-state index contributed by atoms with van der Waals surface area (Å²) in [5, 5.41) is 3.79. The third-order valence-electron chi connectivity index (χ3n) is 4.78. The molecule has 2 rings (SSSR count). The Bertz CT molecular complexity index is 207. The molecule has 0 aromatic heterocycles. The minimum Gasteiger partial charge on any atom is -0.380 e. The normalized spacial score (nSPS) is 21.3. The van der Waals surface area contributed by atoms with E-state index in [-0.39, 0.29) is 0 Å². The van der Waals surface area contributed by atoms with Gasteiger partial charge < -0.3 is 10.1 Å². The molecule has 0 aliphatic heterocycles. The minimum absolute atomic E-state index is 0.760. The summed E-state index contributed by atoms with van der Waals surface area (Å²) in [4.78, 5) is 0. The van der Waals surface area contributed by atoms with Crippen LogP contribution in [0, 0.1) is 17.8 Å². The highest BCUT2D eigenvalue weighted by atomic mass is 16.5. The van der Waals surface area contributed by atoms with Crippen molar-refractivity contribution in [3.63, 3.8) is 0 Å². The third-order valence-corrected chi connectivity index (χ3v) is 4.78. The topological polar surface area (TPSA) is 21.3 Å². The van der Waals surface area contributed by atoms with Crippen LogP contribution in [0.2, 0.25) is 0 Å². The van der Waals surface area contributed by atoms with Gasteiger partial charge in [0, 0.05) is 19.2 Å². The summed E-state index contributed by atoms with van der Waals surface area (Å²) < 4.78 is 5.70. The molecule has 18 heavy (non-hydrogen) atoms. The van der Waals surface area contributed by atoms with Gasteiger partial charge in [0.15, 0.2) is 0 Å². The molecule has 2 nitrogen and oxygen atoms in total. The standard InChI is InChI=1S/C16H31NO/c1-13(2)9-11-18-12-10-17-16(14-5-3-6-14)15-7-4-8-15/h13-17H,3-12H2,1-2H3. The molecule has 0 bridgehead atoms. The molecule has 0 amide bonds. The molecule has 2 heteroatoms. The van der Waals surface area contributed by atoms with E-state index in [0.29, 0.717) is 0 Å². The van der Waals surface area contributed by atoms with E-state index in [1.54, 1.807) is 0 Å². The predicted molar refractivity (Wildman–Crippen MR) is 76.7 cm³/mol. The van der Waals surface area contributed by atoms with E-state index in [0.717, 1.165) is 43.6 Å². The van der Waals surface area contributed by atoms with Crippen molar-refractivity contribution in [3.05, 3.63) is 0 Å². The van der Waals surface area contributed by atoms with Crippen molar-refractivity contribution < 1.29 is 4.74 Å². The average Bonchev–Trinajstić information content (AvgIpc) is 2.17. The largest absolute Gasteiger partial charge is 0.380 e. The van der Waals surface area contributed by atoms with Crippen molar-refractivity contribution in [3.8, 4) is 0 Å². The fourth-order valence-corrected chi connectivity index (χ4v) is 3.03. The Balaban J connectivity index is 1.54. The molecule has 0 saturated heterocycles. The van der Waals surface area contributed by atoms with E-state index in [4.69, 9.17) is 4.74 Å². The number of hydrogen-bond donors (Lipinski definition) is 1. The van der Waals surface area contributed by atoms with Crippen molar-refractivity contribution in [1.29, 1.82) is 0 Å². The summed E-state index contributed by atoms with van der Waals surface area (Å²) in [7, 11) is 0. The van der Waals surface area contributed by atoms with Crippen LogP contribution in [0.25, 0.3) is 0 Å². The van der Waals surface area contributed by atoms with Crippen LogP contribution >= 0.6 is 0 Å². The zero-order valence-electron chi connectivity index (χ0n) is 12.3. The molecular formula is C16H31NO. The zero-order valence-corrected chi connectivity index (χ0v) is 12.3. The number of ether oxygens (including phenoxy) is 1. The minimum atomic E-state index is 0.760. The number of nitrogens with one attached hydrogen (secondary N) is 1. The van der Waals surface area contributed by atoms with E-state index in [9.17, 15) is 0 Å². The van der Waals surface area contributed by atoms with Gasteiger partial charge in [-0.3, -0.25) is 0 Å². The zero-order chi connectivity index (χ0) is 12.8. The Hall–Kier alpha value is -0.0800. The molecule has 0 unspecified atom stereocenters. The molecule has 0 radical (unpaired) electrons. The van der Waals surface area contributed by atoms with Crippen LogP contribution in [-0.2, 0) is 4.74 Å². The maximum Gasteiger partial charge on any atom is 0.0591 e. The first-order valence-corrected chi connectivity index (χ1v) is 8.08. The molecule has 0 aromatic rings. The van der Waals surface area contributed by atoms with Gasteiger partial charge >= 0.3 is 0 Å². The fourth-order valence-electron chi connectivity index (χ4n) is 3.03. The van der Waals surface area contributed by atoms with Crippen LogP contribution in [0.4, 0.5) is 0 Å². The van der Waals surface area contributed by atoms with Gasteiger partial charge in [0.05, 0.1) is 6.61 Å². The Labute approximate surface area is 113 Å². The van der Waals surface area contributed by atoms with E-state index >= 15 is 0 Å². The lowest BCUT2D eigenvalue weighted by atomic mass is 9.68.